The number of hydrogen-bond donors (Lipinski definition) is 1. The number of methoxy groups -OCH3 is 1. The van der Waals surface area contributed by atoms with Gasteiger partial charge in [0.2, 0.25) is 0 Å². The van der Waals surface area contributed by atoms with Crippen molar-refractivity contribution >= 4 is 0 Å². The first-order chi connectivity index (χ1) is 9.46. The molecule has 0 radical (unpaired) electrons. The van der Waals surface area contributed by atoms with Gasteiger partial charge < -0.3 is 19.5 Å². The van der Waals surface area contributed by atoms with Gasteiger partial charge in [0.1, 0.15) is 5.75 Å². The van der Waals surface area contributed by atoms with E-state index in [-0.39, 0.29) is 11.7 Å². The Morgan fingerprint density at radius 2 is 1.75 bits per heavy atom. The fourth-order valence-electron chi connectivity index (χ4n) is 1.82. The molecule has 0 saturated carbocycles. The van der Waals surface area contributed by atoms with Crippen molar-refractivity contribution in [2.45, 2.75) is 32.5 Å². The molecule has 0 amide bonds. The Morgan fingerprint density at radius 3 is 2.25 bits per heavy atom. The first-order valence-electron chi connectivity index (χ1n) is 7.00. The molecular weight excluding hydrogens is 254 g/mol. The summed E-state index contributed by atoms with van der Waals surface area (Å²) < 4.78 is 16.7. The van der Waals surface area contributed by atoms with E-state index in [1.807, 2.05) is 52.1 Å². The minimum absolute atomic E-state index is 0.0227. The lowest BCUT2D eigenvalue weighted by molar-refractivity contribution is -0.0516. The number of ether oxygens (including phenoxy) is 3. The Morgan fingerprint density at radius 1 is 1.10 bits per heavy atom. The van der Waals surface area contributed by atoms with Crippen molar-refractivity contribution in [1.82, 2.24) is 5.32 Å². The Hall–Kier alpha value is -1.10. The van der Waals surface area contributed by atoms with E-state index in [1.54, 1.807) is 7.11 Å². The molecule has 1 aromatic rings. The number of likely N-dealkylation sites (N-methyl/N-ethyl adjacent to an activating group) is 1. The summed E-state index contributed by atoms with van der Waals surface area (Å²) in [7, 11) is 3.59. The summed E-state index contributed by atoms with van der Waals surface area (Å²) >= 11 is 0. The molecule has 0 fully saturated rings. The standard InChI is InChI=1S/C16H27NO3/c1-16(2,3)20-11-10-19-15(12-17-4)13-6-8-14(18-5)9-7-13/h6-9,15,17H,10-12H2,1-5H3. The minimum Gasteiger partial charge on any atom is -0.497 e. The molecule has 1 aromatic carbocycles. The zero-order valence-electron chi connectivity index (χ0n) is 13.2. The normalized spacial score (nSPS) is 13.2. The quantitative estimate of drug-likeness (QED) is 0.744. The van der Waals surface area contributed by atoms with Crippen LogP contribution in [0.2, 0.25) is 0 Å². The molecule has 1 unspecified atom stereocenters. The van der Waals surface area contributed by atoms with Crippen LogP contribution in [0.4, 0.5) is 0 Å². The van der Waals surface area contributed by atoms with Crippen LogP contribution in [0.3, 0.4) is 0 Å². The molecule has 1 rings (SSSR count). The second kappa shape index (κ2) is 8.25. The molecule has 0 aliphatic heterocycles. The summed E-state index contributed by atoms with van der Waals surface area (Å²) in [5, 5.41) is 3.15. The van der Waals surface area contributed by atoms with Crippen molar-refractivity contribution < 1.29 is 14.2 Å². The second-order valence-electron chi connectivity index (χ2n) is 5.65. The molecule has 4 nitrogen and oxygen atoms in total. The van der Waals surface area contributed by atoms with Gasteiger partial charge in [-0.15, -0.1) is 0 Å². The Bertz CT molecular complexity index is 370. The van der Waals surface area contributed by atoms with Gasteiger partial charge in [-0.05, 0) is 45.5 Å². The number of nitrogens with one attached hydrogen (secondary N) is 1. The molecule has 0 aromatic heterocycles. The van der Waals surface area contributed by atoms with Crippen molar-refractivity contribution in [2.24, 2.45) is 0 Å². The first kappa shape index (κ1) is 17.0. The van der Waals surface area contributed by atoms with Crippen LogP contribution in [0.5, 0.6) is 5.75 Å². The van der Waals surface area contributed by atoms with Crippen LogP contribution < -0.4 is 10.1 Å². The van der Waals surface area contributed by atoms with Gasteiger partial charge in [0.05, 0.1) is 32.0 Å². The average molecular weight is 281 g/mol. The van der Waals surface area contributed by atoms with Crippen molar-refractivity contribution in [3.05, 3.63) is 29.8 Å². The molecule has 1 N–H and O–H groups in total. The predicted molar refractivity (Wildman–Crippen MR) is 81.3 cm³/mol. The number of rotatable bonds is 8. The lowest BCUT2D eigenvalue weighted by atomic mass is 10.1. The molecule has 114 valence electrons. The van der Waals surface area contributed by atoms with E-state index in [1.165, 1.54) is 0 Å². The maximum Gasteiger partial charge on any atom is 0.118 e. The zero-order valence-corrected chi connectivity index (χ0v) is 13.2. The molecule has 4 heteroatoms. The van der Waals surface area contributed by atoms with E-state index >= 15 is 0 Å². The highest BCUT2D eigenvalue weighted by Gasteiger charge is 2.13. The third kappa shape index (κ3) is 6.37. The molecule has 0 spiro atoms. The van der Waals surface area contributed by atoms with Crippen LogP contribution in [0.15, 0.2) is 24.3 Å². The lowest BCUT2D eigenvalue weighted by Gasteiger charge is -2.22. The van der Waals surface area contributed by atoms with E-state index in [2.05, 4.69) is 5.32 Å². The van der Waals surface area contributed by atoms with E-state index in [0.717, 1.165) is 17.9 Å². The van der Waals surface area contributed by atoms with Crippen LogP contribution in [-0.4, -0.2) is 39.5 Å². The van der Waals surface area contributed by atoms with Crippen LogP contribution in [0.1, 0.15) is 32.4 Å². The molecule has 0 bridgehead atoms. The molecule has 0 aliphatic carbocycles. The summed E-state index contributed by atoms with van der Waals surface area (Å²) in [6.45, 7) is 8.07. The van der Waals surface area contributed by atoms with E-state index in [0.29, 0.717) is 13.2 Å². The van der Waals surface area contributed by atoms with Crippen molar-refractivity contribution in [3.8, 4) is 5.75 Å². The summed E-state index contributed by atoms with van der Waals surface area (Å²) in [5.74, 6) is 0.855. The largest absolute Gasteiger partial charge is 0.497 e. The highest BCUT2D eigenvalue weighted by Crippen LogP contribution is 2.20. The van der Waals surface area contributed by atoms with Gasteiger partial charge in [0, 0.05) is 6.54 Å². The minimum atomic E-state index is -0.123. The highest BCUT2D eigenvalue weighted by molar-refractivity contribution is 5.28. The van der Waals surface area contributed by atoms with Crippen molar-refractivity contribution in [1.29, 1.82) is 0 Å². The summed E-state index contributed by atoms with van der Waals surface area (Å²) in [4.78, 5) is 0. The van der Waals surface area contributed by atoms with Gasteiger partial charge >= 0.3 is 0 Å². The summed E-state index contributed by atoms with van der Waals surface area (Å²) in [6.07, 6.45) is 0.0227. The van der Waals surface area contributed by atoms with E-state index < -0.39 is 0 Å². The lowest BCUT2D eigenvalue weighted by Crippen LogP contribution is -2.25. The molecule has 1 atom stereocenters. The van der Waals surface area contributed by atoms with Gasteiger partial charge in [-0.1, -0.05) is 12.1 Å². The van der Waals surface area contributed by atoms with Crippen molar-refractivity contribution in [2.75, 3.05) is 33.9 Å². The molecular formula is C16H27NO3. The Balaban J connectivity index is 2.50. The van der Waals surface area contributed by atoms with Crippen molar-refractivity contribution in [3.63, 3.8) is 0 Å². The molecule has 0 saturated heterocycles. The fraction of sp³-hybridized carbons (Fsp3) is 0.625. The third-order valence-electron chi connectivity index (χ3n) is 2.81. The number of benzene rings is 1. The van der Waals surface area contributed by atoms with E-state index in [4.69, 9.17) is 14.2 Å². The molecule has 20 heavy (non-hydrogen) atoms. The van der Waals surface area contributed by atoms with Crippen LogP contribution in [0.25, 0.3) is 0 Å². The Kier molecular flexibility index (Phi) is 6.99. The second-order valence-corrected chi connectivity index (χ2v) is 5.65. The summed E-state index contributed by atoms with van der Waals surface area (Å²) in [6, 6.07) is 7.97. The zero-order chi connectivity index (χ0) is 15.0. The summed E-state index contributed by atoms with van der Waals surface area (Å²) in [5.41, 5.74) is 1.01. The SMILES string of the molecule is CNCC(OCCOC(C)(C)C)c1ccc(OC)cc1. The average Bonchev–Trinajstić information content (AvgIpc) is 2.41. The number of hydrogen-bond acceptors (Lipinski definition) is 4. The Labute approximate surface area is 122 Å². The third-order valence-corrected chi connectivity index (χ3v) is 2.81. The topological polar surface area (TPSA) is 39.7 Å². The van der Waals surface area contributed by atoms with Crippen LogP contribution in [0, 0.1) is 0 Å². The predicted octanol–water partition coefficient (Wildman–Crippen LogP) is 2.79. The van der Waals surface area contributed by atoms with Crippen LogP contribution >= 0.6 is 0 Å². The molecule has 0 heterocycles. The van der Waals surface area contributed by atoms with E-state index in [9.17, 15) is 0 Å². The highest BCUT2D eigenvalue weighted by atomic mass is 16.5. The monoisotopic (exact) mass is 281 g/mol. The fourth-order valence-corrected chi connectivity index (χ4v) is 1.82. The molecule has 0 aliphatic rings. The van der Waals surface area contributed by atoms with Gasteiger partial charge in [0.25, 0.3) is 0 Å². The van der Waals surface area contributed by atoms with Crippen LogP contribution in [-0.2, 0) is 9.47 Å². The first-order valence-corrected chi connectivity index (χ1v) is 7.00. The van der Waals surface area contributed by atoms with Gasteiger partial charge in [-0.25, -0.2) is 0 Å². The maximum atomic E-state index is 5.91. The van der Waals surface area contributed by atoms with Gasteiger partial charge in [0.15, 0.2) is 0 Å². The van der Waals surface area contributed by atoms with Gasteiger partial charge in [-0.3, -0.25) is 0 Å². The maximum absolute atomic E-state index is 5.91. The smallest absolute Gasteiger partial charge is 0.118 e. The van der Waals surface area contributed by atoms with Gasteiger partial charge in [-0.2, -0.15) is 0 Å².